The molecule has 0 saturated carbocycles. The van der Waals surface area contributed by atoms with E-state index in [4.69, 9.17) is 0 Å². The van der Waals surface area contributed by atoms with Gasteiger partial charge in [0, 0.05) is 5.25 Å². The van der Waals surface area contributed by atoms with Crippen LogP contribution >= 0.6 is 39.5 Å². The van der Waals surface area contributed by atoms with Crippen molar-refractivity contribution >= 4 is 53.7 Å². The average molecular weight is 359 g/mol. The number of alkyl halides is 1. The fraction of sp³-hybridized carbons (Fsp3) is 0.900. The standard InChI is InChI=1S/C10H17BrNO2S3/c1-4-12(5-2)9-15-7-6-17(13,14)8(11)10(7,3)16-9/h7-8H,4-6H2,1-3H3/q+1/t7-,8+,10+/m0/s1. The van der Waals surface area contributed by atoms with Gasteiger partial charge in [-0.1, -0.05) is 15.9 Å². The van der Waals surface area contributed by atoms with Crippen LogP contribution in [0.3, 0.4) is 0 Å². The summed E-state index contributed by atoms with van der Waals surface area (Å²) >= 11 is 6.86. The van der Waals surface area contributed by atoms with Gasteiger partial charge < -0.3 is 0 Å². The molecule has 2 fully saturated rings. The van der Waals surface area contributed by atoms with Crippen LogP contribution in [0.5, 0.6) is 0 Å². The third kappa shape index (κ3) is 2.21. The first kappa shape index (κ1) is 14.2. The van der Waals surface area contributed by atoms with Crippen molar-refractivity contribution in [3.05, 3.63) is 0 Å². The summed E-state index contributed by atoms with van der Waals surface area (Å²) < 4.78 is 26.8. The molecule has 2 aliphatic rings. The number of halogens is 1. The van der Waals surface area contributed by atoms with Crippen LogP contribution in [-0.2, 0) is 9.84 Å². The van der Waals surface area contributed by atoms with Gasteiger partial charge in [0.2, 0.25) is 0 Å². The van der Waals surface area contributed by atoms with Crippen molar-refractivity contribution in [1.82, 2.24) is 0 Å². The molecule has 2 rings (SSSR count). The van der Waals surface area contributed by atoms with Gasteiger partial charge in [-0.3, -0.25) is 0 Å². The maximum atomic E-state index is 11.9. The highest BCUT2D eigenvalue weighted by atomic mass is 79.9. The Labute approximate surface area is 120 Å². The van der Waals surface area contributed by atoms with Crippen molar-refractivity contribution in [1.29, 1.82) is 0 Å². The van der Waals surface area contributed by atoms with Gasteiger partial charge in [-0.05, 0) is 44.3 Å². The van der Waals surface area contributed by atoms with Gasteiger partial charge in [-0.2, -0.15) is 0 Å². The summed E-state index contributed by atoms with van der Waals surface area (Å²) in [6.45, 7) is 8.30. The van der Waals surface area contributed by atoms with Gasteiger partial charge in [0.25, 0.3) is 4.38 Å². The van der Waals surface area contributed by atoms with E-state index < -0.39 is 14.0 Å². The van der Waals surface area contributed by atoms with Crippen molar-refractivity contribution in [3.8, 4) is 0 Å². The van der Waals surface area contributed by atoms with Gasteiger partial charge in [0.05, 0.1) is 10.5 Å². The predicted molar refractivity (Wildman–Crippen MR) is 80.2 cm³/mol. The lowest BCUT2D eigenvalue weighted by atomic mass is 10.1. The Morgan fingerprint density at radius 1 is 1.47 bits per heavy atom. The van der Waals surface area contributed by atoms with Gasteiger partial charge in [0.15, 0.2) is 9.84 Å². The van der Waals surface area contributed by atoms with Gasteiger partial charge in [0.1, 0.15) is 17.2 Å². The highest BCUT2D eigenvalue weighted by Crippen LogP contribution is 2.57. The maximum absolute atomic E-state index is 11.9. The molecule has 0 N–H and O–H groups in total. The molecule has 0 bridgehead atoms. The molecule has 0 radical (unpaired) electrons. The summed E-state index contributed by atoms with van der Waals surface area (Å²) in [5.41, 5.74) is 0. The van der Waals surface area contributed by atoms with Crippen molar-refractivity contribution in [3.63, 3.8) is 0 Å². The minimum Gasteiger partial charge on any atom is -0.228 e. The van der Waals surface area contributed by atoms with Crippen LogP contribution in [0.15, 0.2) is 0 Å². The van der Waals surface area contributed by atoms with Crippen LogP contribution in [0, 0.1) is 0 Å². The fourth-order valence-corrected chi connectivity index (χ4v) is 10.3. The average Bonchev–Trinajstić information content (AvgIpc) is 2.64. The smallest absolute Gasteiger partial charge is 0.228 e. The van der Waals surface area contributed by atoms with Gasteiger partial charge >= 0.3 is 0 Å². The molecular formula is C10H17BrNO2S3+. The minimum atomic E-state index is -2.96. The highest BCUT2D eigenvalue weighted by molar-refractivity contribution is 9.11. The van der Waals surface area contributed by atoms with E-state index in [1.165, 1.54) is 4.38 Å². The molecule has 3 atom stereocenters. The van der Waals surface area contributed by atoms with E-state index in [2.05, 4.69) is 41.3 Å². The van der Waals surface area contributed by atoms with E-state index in [1.54, 1.807) is 23.5 Å². The predicted octanol–water partition coefficient (Wildman–Crippen LogP) is 2.15. The quantitative estimate of drug-likeness (QED) is 0.559. The molecule has 7 heteroatoms. The third-order valence-corrected chi connectivity index (χ3v) is 12.1. The molecule has 0 aromatic heterocycles. The number of hydrogen-bond donors (Lipinski definition) is 0. The minimum absolute atomic E-state index is 0.178. The van der Waals surface area contributed by atoms with Crippen LogP contribution < -0.4 is 0 Å². The number of hydrogen-bond acceptors (Lipinski definition) is 4. The number of rotatable bonds is 2. The van der Waals surface area contributed by atoms with Crippen LogP contribution in [0.25, 0.3) is 0 Å². The molecule has 2 heterocycles. The first-order valence-electron chi connectivity index (χ1n) is 5.68. The number of fused-ring (bicyclic) bond motifs is 1. The molecule has 98 valence electrons. The van der Waals surface area contributed by atoms with E-state index >= 15 is 0 Å². The zero-order chi connectivity index (χ0) is 12.8. The third-order valence-electron chi connectivity index (χ3n) is 3.36. The first-order valence-corrected chi connectivity index (χ1v) is 10.0. The molecule has 0 aliphatic carbocycles. The lowest BCUT2D eigenvalue weighted by Crippen LogP contribution is -2.33. The summed E-state index contributed by atoms with van der Waals surface area (Å²) in [7, 11) is -2.96. The summed E-state index contributed by atoms with van der Waals surface area (Å²) in [4.78, 5) is 0. The monoisotopic (exact) mass is 358 g/mol. The Morgan fingerprint density at radius 2 is 2.06 bits per heavy atom. The molecule has 0 amide bonds. The largest absolute Gasteiger partial charge is 0.270 e. The van der Waals surface area contributed by atoms with Crippen LogP contribution in [-0.4, -0.2) is 50.4 Å². The van der Waals surface area contributed by atoms with Crippen molar-refractivity contribution in [2.75, 3.05) is 18.8 Å². The summed E-state index contributed by atoms with van der Waals surface area (Å²) in [5, 5.41) is 0.178. The van der Waals surface area contributed by atoms with Crippen molar-refractivity contribution in [2.45, 2.75) is 34.9 Å². The Kier molecular flexibility index (Phi) is 3.95. The Balaban J connectivity index is 2.34. The van der Waals surface area contributed by atoms with E-state index in [0.29, 0.717) is 5.75 Å². The first-order chi connectivity index (χ1) is 7.85. The zero-order valence-corrected chi connectivity index (χ0v) is 14.2. The second-order valence-corrected chi connectivity index (χ2v) is 11.0. The molecule has 2 aliphatic heterocycles. The van der Waals surface area contributed by atoms with Crippen LogP contribution in [0.2, 0.25) is 0 Å². The zero-order valence-electron chi connectivity index (χ0n) is 10.1. The molecule has 3 nitrogen and oxygen atoms in total. The van der Waals surface area contributed by atoms with Gasteiger partial charge in [-0.25, -0.2) is 13.0 Å². The molecular weight excluding hydrogens is 342 g/mol. The number of sulfone groups is 1. The topological polar surface area (TPSA) is 37.1 Å². The fourth-order valence-electron chi connectivity index (χ4n) is 2.18. The van der Waals surface area contributed by atoms with Crippen LogP contribution in [0.1, 0.15) is 20.8 Å². The molecule has 17 heavy (non-hydrogen) atoms. The maximum Gasteiger partial charge on any atom is 0.270 e. The second kappa shape index (κ2) is 4.72. The lowest BCUT2D eigenvalue weighted by molar-refractivity contribution is -0.515. The van der Waals surface area contributed by atoms with E-state index in [9.17, 15) is 8.42 Å². The molecule has 0 aromatic carbocycles. The molecule has 0 spiro atoms. The lowest BCUT2D eigenvalue weighted by Gasteiger charge is -2.21. The van der Waals surface area contributed by atoms with Gasteiger partial charge in [-0.15, -0.1) is 0 Å². The normalized spacial score (nSPS) is 39.4. The van der Waals surface area contributed by atoms with E-state index in [0.717, 1.165) is 13.1 Å². The van der Waals surface area contributed by atoms with E-state index in [1.807, 2.05) is 0 Å². The number of nitrogens with zero attached hydrogens (tertiary/aromatic N) is 1. The van der Waals surface area contributed by atoms with Crippen molar-refractivity contribution in [2.24, 2.45) is 0 Å². The SMILES string of the molecule is CC[N+](CC)=C1S[C@H]2CS(=O)(=O)[C@@H](Br)[C@]2(C)S1. The number of thioether (sulfide) groups is 2. The molecule has 0 unspecified atom stereocenters. The van der Waals surface area contributed by atoms with Crippen LogP contribution in [0.4, 0.5) is 0 Å². The molecule has 0 aromatic rings. The van der Waals surface area contributed by atoms with Crippen molar-refractivity contribution < 1.29 is 13.0 Å². The summed E-state index contributed by atoms with van der Waals surface area (Å²) in [6.07, 6.45) is 0. The second-order valence-electron chi connectivity index (χ2n) is 4.48. The summed E-state index contributed by atoms with van der Waals surface area (Å²) in [5.74, 6) is 0.294. The Bertz CT molecular complexity index is 456. The highest BCUT2D eigenvalue weighted by Gasteiger charge is 2.62. The summed E-state index contributed by atoms with van der Waals surface area (Å²) in [6, 6.07) is 0. The Hall–Kier alpha value is 0.800. The molecule has 2 saturated heterocycles. The van der Waals surface area contributed by atoms with E-state index in [-0.39, 0.29) is 10.00 Å². The Morgan fingerprint density at radius 3 is 2.53 bits per heavy atom.